The Morgan fingerprint density at radius 1 is 0.471 bits per heavy atom. The van der Waals surface area contributed by atoms with Gasteiger partial charge in [0.15, 0.2) is 0 Å². The number of halogens is 1. The van der Waals surface area contributed by atoms with Crippen molar-refractivity contribution in [1.82, 2.24) is 0 Å². The van der Waals surface area contributed by atoms with Crippen LogP contribution in [0.4, 0.5) is 0 Å². The first-order chi connectivity index (χ1) is 16.8. The monoisotopic (exact) mass is 450 g/mol. The van der Waals surface area contributed by atoms with Crippen LogP contribution in [-0.4, -0.2) is 0 Å². The molecule has 2 aliphatic carbocycles. The van der Waals surface area contributed by atoms with Gasteiger partial charge in [-0.1, -0.05) is 115 Å². The second-order valence-corrected chi connectivity index (χ2v) is 9.84. The molecule has 34 heavy (non-hydrogen) atoms. The van der Waals surface area contributed by atoms with Crippen LogP contribution < -0.4 is 0 Å². The zero-order valence-corrected chi connectivity index (χ0v) is 19.1. The summed E-state index contributed by atoms with van der Waals surface area (Å²) in [7, 11) is 0. The number of rotatable bonds is 0. The van der Waals surface area contributed by atoms with Gasteiger partial charge >= 0.3 is 0 Å². The van der Waals surface area contributed by atoms with Crippen molar-refractivity contribution in [1.29, 1.82) is 0 Å². The first-order valence-corrected chi connectivity index (χ1v) is 12.1. The molecule has 0 aromatic heterocycles. The number of fused-ring (bicyclic) bond motifs is 14. The first kappa shape index (κ1) is 18.5. The minimum atomic E-state index is -0.396. The van der Waals surface area contributed by atoms with Crippen LogP contribution in [0.15, 0.2) is 115 Å². The van der Waals surface area contributed by atoms with Crippen molar-refractivity contribution in [2.45, 2.75) is 5.41 Å². The van der Waals surface area contributed by atoms with E-state index in [1.54, 1.807) is 0 Å². The highest BCUT2D eigenvalue weighted by Crippen LogP contribution is 2.65. The van der Waals surface area contributed by atoms with Gasteiger partial charge in [-0.25, -0.2) is 0 Å². The Bertz CT molecular complexity index is 1830. The maximum absolute atomic E-state index is 6.72. The van der Waals surface area contributed by atoms with Gasteiger partial charge in [0.1, 0.15) is 0 Å². The summed E-state index contributed by atoms with van der Waals surface area (Å²) in [6, 6.07) is 42.2. The molecule has 0 radical (unpaired) electrons. The fraction of sp³-hybridized carbons (Fsp3) is 0.0303. The van der Waals surface area contributed by atoms with Crippen LogP contribution in [0.1, 0.15) is 22.3 Å². The van der Waals surface area contributed by atoms with Gasteiger partial charge in [-0.05, 0) is 78.2 Å². The van der Waals surface area contributed by atoms with Crippen molar-refractivity contribution in [3.05, 3.63) is 143 Å². The van der Waals surface area contributed by atoms with Crippen LogP contribution >= 0.6 is 11.6 Å². The van der Waals surface area contributed by atoms with Crippen molar-refractivity contribution in [3.63, 3.8) is 0 Å². The predicted octanol–water partition coefficient (Wildman–Crippen LogP) is 8.99. The minimum Gasteiger partial charge on any atom is -0.0843 e. The van der Waals surface area contributed by atoms with E-state index in [2.05, 4.69) is 109 Å². The zero-order chi connectivity index (χ0) is 22.4. The summed E-state index contributed by atoms with van der Waals surface area (Å²) in [5.41, 5.74) is 10.2. The lowest BCUT2D eigenvalue weighted by molar-refractivity contribution is 0.802. The minimum absolute atomic E-state index is 0.396. The Labute approximate surface area is 203 Å². The molecule has 0 saturated heterocycles. The van der Waals surface area contributed by atoms with Crippen molar-refractivity contribution in [2.24, 2.45) is 0 Å². The van der Waals surface area contributed by atoms with Crippen molar-refractivity contribution >= 4 is 33.1 Å². The highest BCUT2D eigenvalue weighted by Gasteiger charge is 2.52. The summed E-state index contributed by atoms with van der Waals surface area (Å²) < 4.78 is 0. The normalized spacial score (nSPS) is 17.1. The molecule has 0 N–H and O–H groups in total. The summed E-state index contributed by atoms with van der Waals surface area (Å²) in [4.78, 5) is 0. The zero-order valence-electron chi connectivity index (χ0n) is 18.3. The highest BCUT2D eigenvalue weighted by atomic mass is 35.5. The molecule has 0 fully saturated rings. The van der Waals surface area contributed by atoms with E-state index in [0.717, 1.165) is 5.02 Å². The van der Waals surface area contributed by atoms with Crippen molar-refractivity contribution in [3.8, 4) is 22.3 Å². The summed E-state index contributed by atoms with van der Waals surface area (Å²) >= 11 is 6.72. The van der Waals surface area contributed by atoms with Crippen LogP contribution in [0.5, 0.6) is 0 Å². The fourth-order valence-corrected chi connectivity index (χ4v) is 6.88. The summed E-state index contributed by atoms with van der Waals surface area (Å²) in [6.07, 6.45) is 0. The van der Waals surface area contributed by atoms with E-state index >= 15 is 0 Å². The van der Waals surface area contributed by atoms with Crippen molar-refractivity contribution < 1.29 is 0 Å². The van der Waals surface area contributed by atoms with Gasteiger partial charge in [-0.3, -0.25) is 0 Å². The standard InChI is InChI=1S/C33H19Cl/c34-22-15-17-27-30(19-22)33(29-18-14-20-7-1-3-9-23(20)31(27)29)28-12-6-5-11-25(28)26-16-13-21-8-2-4-10-24(21)32(26)33/h1-19H. The van der Waals surface area contributed by atoms with E-state index in [0.29, 0.717) is 0 Å². The molecule has 1 heteroatoms. The third kappa shape index (κ3) is 2.07. The van der Waals surface area contributed by atoms with E-state index < -0.39 is 5.41 Å². The molecule has 0 amide bonds. The van der Waals surface area contributed by atoms with Crippen LogP contribution in [0.25, 0.3) is 43.8 Å². The molecule has 8 rings (SSSR count). The molecule has 0 bridgehead atoms. The average molecular weight is 451 g/mol. The second kappa shape index (κ2) is 6.38. The first-order valence-electron chi connectivity index (χ1n) is 11.7. The van der Waals surface area contributed by atoms with E-state index in [1.807, 2.05) is 6.07 Å². The number of hydrogen-bond donors (Lipinski definition) is 0. The van der Waals surface area contributed by atoms with Crippen LogP contribution in [0.2, 0.25) is 5.02 Å². The lowest BCUT2D eigenvalue weighted by Crippen LogP contribution is -2.26. The summed E-state index contributed by atoms with van der Waals surface area (Å²) in [6.45, 7) is 0. The van der Waals surface area contributed by atoms with E-state index in [4.69, 9.17) is 11.6 Å². The predicted molar refractivity (Wildman–Crippen MR) is 143 cm³/mol. The fourth-order valence-electron chi connectivity index (χ4n) is 6.70. The van der Waals surface area contributed by atoms with Gasteiger partial charge in [0.25, 0.3) is 0 Å². The highest BCUT2D eigenvalue weighted by molar-refractivity contribution is 6.31. The molecule has 1 spiro atoms. The van der Waals surface area contributed by atoms with Crippen molar-refractivity contribution in [2.75, 3.05) is 0 Å². The van der Waals surface area contributed by atoms with Gasteiger partial charge in [-0.2, -0.15) is 0 Å². The second-order valence-electron chi connectivity index (χ2n) is 9.40. The molecule has 6 aromatic rings. The Hall–Kier alpha value is -3.87. The molecule has 0 heterocycles. The third-order valence-electron chi connectivity index (χ3n) is 7.91. The molecule has 2 aliphatic rings. The SMILES string of the molecule is Clc1ccc2c(c1)C1(c3ccccc3-c3ccc4ccccc4c31)c1ccc3ccccc3c1-2. The Balaban J connectivity index is 1.68. The number of hydrogen-bond acceptors (Lipinski definition) is 0. The maximum atomic E-state index is 6.72. The Kier molecular flexibility index (Phi) is 3.48. The van der Waals surface area contributed by atoms with Crippen LogP contribution in [0.3, 0.4) is 0 Å². The smallest absolute Gasteiger partial charge is 0.0732 e. The Morgan fingerprint density at radius 3 is 2.03 bits per heavy atom. The summed E-state index contributed by atoms with van der Waals surface area (Å²) in [5, 5.41) is 5.92. The lowest BCUT2D eigenvalue weighted by atomic mass is 9.69. The maximum Gasteiger partial charge on any atom is 0.0732 e. The third-order valence-corrected chi connectivity index (χ3v) is 8.15. The van der Waals surface area contributed by atoms with E-state index in [-0.39, 0.29) is 0 Å². The van der Waals surface area contributed by atoms with Gasteiger partial charge in [0.05, 0.1) is 5.41 Å². The van der Waals surface area contributed by atoms with E-state index in [1.165, 1.54) is 66.1 Å². The topological polar surface area (TPSA) is 0 Å². The molecule has 0 saturated carbocycles. The van der Waals surface area contributed by atoms with Gasteiger partial charge in [-0.15, -0.1) is 0 Å². The lowest BCUT2D eigenvalue weighted by Gasteiger charge is -2.31. The van der Waals surface area contributed by atoms with E-state index in [9.17, 15) is 0 Å². The quantitative estimate of drug-likeness (QED) is 0.216. The molecule has 0 aliphatic heterocycles. The van der Waals surface area contributed by atoms with Crippen LogP contribution in [-0.2, 0) is 5.41 Å². The van der Waals surface area contributed by atoms with Crippen LogP contribution in [0, 0.1) is 0 Å². The molecular formula is C33H19Cl. The van der Waals surface area contributed by atoms with Gasteiger partial charge < -0.3 is 0 Å². The van der Waals surface area contributed by atoms with Gasteiger partial charge in [0.2, 0.25) is 0 Å². The largest absolute Gasteiger partial charge is 0.0843 e. The molecule has 0 nitrogen and oxygen atoms in total. The Morgan fingerprint density at radius 2 is 1.15 bits per heavy atom. The summed E-state index contributed by atoms with van der Waals surface area (Å²) in [5.74, 6) is 0. The van der Waals surface area contributed by atoms with Gasteiger partial charge in [0, 0.05) is 5.02 Å². The molecule has 158 valence electrons. The molecule has 1 unspecified atom stereocenters. The molecular weight excluding hydrogens is 432 g/mol. The molecule has 1 atom stereocenters. The number of benzene rings is 6. The average Bonchev–Trinajstić information content (AvgIpc) is 3.35. The molecule has 6 aromatic carbocycles.